The van der Waals surface area contributed by atoms with E-state index in [0.29, 0.717) is 53.6 Å². The smallest absolute Gasteiger partial charge is 0.369 e. The third-order valence-corrected chi connectivity index (χ3v) is 8.08. The van der Waals surface area contributed by atoms with Crippen LogP contribution in [0.3, 0.4) is 0 Å². The third-order valence-electron chi connectivity index (χ3n) is 6.93. The molecule has 5 rings (SSSR count). The number of H-pyrrole nitrogens is 1. The lowest BCUT2D eigenvalue weighted by molar-refractivity contribution is -0.143. The van der Waals surface area contributed by atoms with E-state index in [1.54, 1.807) is 18.2 Å². The highest BCUT2D eigenvalue weighted by Crippen LogP contribution is 2.42. The molecule has 3 aromatic rings. The van der Waals surface area contributed by atoms with Crippen molar-refractivity contribution in [1.82, 2.24) is 15.1 Å². The molecule has 1 aromatic heterocycles. The minimum absolute atomic E-state index is 0.0721. The van der Waals surface area contributed by atoms with Crippen LogP contribution in [0.25, 0.3) is 16.5 Å². The third kappa shape index (κ3) is 5.58. The van der Waals surface area contributed by atoms with Crippen molar-refractivity contribution in [2.24, 2.45) is 16.6 Å². The van der Waals surface area contributed by atoms with E-state index in [1.165, 1.54) is 6.20 Å². The molecule has 0 aliphatic carbocycles. The maximum Gasteiger partial charge on any atom is 0.416 e. The first-order valence-corrected chi connectivity index (χ1v) is 12.9. The van der Waals surface area contributed by atoms with Crippen LogP contribution in [-0.4, -0.2) is 45.2 Å². The van der Waals surface area contributed by atoms with Crippen molar-refractivity contribution in [2.45, 2.75) is 31.6 Å². The average Bonchev–Trinajstić information content (AvgIpc) is 3.52. The molecule has 0 bridgehead atoms. The van der Waals surface area contributed by atoms with Gasteiger partial charge in [-0.3, -0.25) is 14.7 Å². The van der Waals surface area contributed by atoms with Gasteiger partial charge in [0.2, 0.25) is 5.91 Å². The first-order chi connectivity index (χ1) is 18.8. The monoisotopic (exact) mass is 581 g/mol. The number of benzene rings is 2. The summed E-state index contributed by atoms with van der Waals surface area (Å²) in [6, 6.07) is 6.37. The van der Waals surface area contributed by atoms with E-state index < -0.39 is 47.3 Å². The number of hydrogen-bond acceptors (Lipinski definition) is 5. The summed E-state index contributed by atoms with van der Waals surface area (Å²) < 4.78 is 81.6. The molecule has 7 nitrogen and oxygen atoms in total. The summed E-state index contributed by atoms with van der Waals surface area (Å²) in [5, 5.41) is 7.68. The predicted molar refractivity (Wildman–Crippen MR) is 137 cm³/mol. The molecule has 1 fully saturated rings. The van der Waals surface area contributed by atoms with Crippen LogP contribution in [0, 0.1) is 5.92 Å². The topological polar surface area (TPSA) is 104 Å². The Kier molecular flexibility index (Phi) is 7.15. The van der Waals surface area contributed by atoms with E-state index in [-0.39, 0.29) is 22.5 Å². The highest BCUT2D eigenvalue weighted by molar-refractivity contribution is 8.18. The van der Waals surface area contributed by atoms with E-state index in [4.69, 9.17) is 5.73 Å². The number of aromatic nitrogens is 2. The number of likely N-dealkylation sites (tertiary alicyclic amines) is 1. The zero-order valence-electron chi connectivity index (χ0n) is 20.6. The largest absolute Gasteiger partial charge is 0.416 e. The minimum Gasteiger partial charge on any atom is -0.369 e. The van der Waals surface area contributed by atoms with Gasteiger partial charge in [0.15, 0.2) is 5.17 Å². The zero-order chi connectivity index (χ0) is 28.8. The number of amidine groups is 1. The van der Waals surface area contributed by atoms with Gasteiger partial charge in [0.1, 0.15) is 0 Å². The number of alkyl halides is 6. The fourth-order valence-electron chi connectivity index (χ4n) is 4.78. The Morgan fingerprint density at radius 2 is 1.77 bits per heavy atom. The van der Waals surface area contributed by atoms with E-state index in [9.17, 15) is 35.9 Å². The SMILES string of the molecule is NC(=O)C1CCN(C2=NC(=O)C(=C(Cc3ccc(C(F)(F)F)cc3C(F)(F)F)c3ccc4[nH]ncc4c3)S2)CC1. The van der Waals surface area contributed by atoms with Gasteiger partial charge in [0, 0.05) is 24.4 Å². The lowest BCUT2D eigenvalue weighted by Gasteiger charge is -2.31. The van der Waals surface area contributed by atoms with Crippen LogP contribution in [0.15, 0.2) is 52.5 Å². The number of nitrogens with one attached hydrogen (secondary N) is 1. The molecule has 3 heterocycles. The molecule has 2 aliphatic rings. The van der Waals surface area contributed by atoms with Gasteiger partial charge in [0.05, 0.1) is 27.7 Å². The average molecular weight is 582 g/mol. The van der Waals surface area contributed by atoms with Crippen LogP contribution < -0.4 is 5.73 Å². The van der Waals surface area contributed by atoms with Crippen molar-refractivity contribution in [3.8, 4) is 0 Å². The number of carbonyl (C=O) groups is 2. The number of nitrogens with zero attached hydrogens (tertiary/aromatic N) is 3. The quantitative estimate of drug-likeness (QED) is 0.318. The first kappa shape index (κ1) is 27.7. The number of fused-ring (bicyclic) bond motifs is 1. The maximum absolute atomic E-state index is 14.0. The van der Waals surface area contributed by atoms with E-state index in [2.05, 4.69) is 15.2 Å². The molecule has 0 unspecified atom stereocenters. The maximum atomic E-state index is 14.0. The molecule has 0 saturated carbocycles. The number of halogens is 6. The van der Waals surface area contributed by atoms with E-state index in [1.807, 2.05) is 4.90 Å². The number of thioether (sulfide) groups is 1. The Morgan fingerprint density at radius 3 is 2.42 bits per heavy atom. The number of primary amides is 1. The number of rotatable bonds is 4. The number of aliphatic imine (C=N–C) groups is 1. The van der Waals surface area contributed by atoms with Gasteiger partial charge in [-0.15, -0.1) is 0 Å². The zero-order valence-corrected chi connectivity index (χ0v) is 21.4. The highest BCUT2D eigenvalue weighted by atomic mass is 32.2. The van der Waals surface area contributed by atoms with Crippen molar-refractivity contribution in [2.75, 3.05) is 13.1 Å². The number of hydrogen-bond donors (Lipinski definition) is 2. The molecule has 210 valence electrons. The van der Waals surface area contributed by atoms with Gasteiger partial charge in [0.25, 0.3) is 5.91 Å². The van der Waals surface area contributed by atoms with Crippen LogP contribution in [0.5, 0.6) is 0 Å². The summed E-state index contributed by atoms with van der Waals surface area (Å²) in [7, 11) is 0. The Labute approximate surface area is 227 Å². The summed E-state index contributed by atoms with van der Waals surface area (Å²) in [5.41, 5.74) is 3.36. The molecule has 14 heteroatoms. The van der Waals surface area contributed by atoms with Crippen molar-refractivity contribution >= 4 is 45.2 Å². The molecular weight excluding hydrogens is 560 g/mol. The van der Waals surface area contributed by atoms with Crippen molar-refractivity contribution in [1.29, 1.82) is 0 Å². The van der Waals surface area contributed by atoms with Crippen molar-refractivity contribution in [3.05, 3.63) is 69.8 Å². The second-order valence-electron chi connectivity index (χ2n) is 9.49. The Balaban J connectivity index is 1.56. The van der Waals surface area contributed by atoms with Gasteiger partial charge in [-0.05, 0) is 72.0 Å². The number of nitrogens with two attached hydrogens (primary N) is 1. The fraction of sp³-hybridized carbons (Fsp3) is 0.308. The Bertz CT molecular complexity index is 1550. The standard InChI is InChI=1S/C26H21F6N5O2S/c27-25(28,29)17-3-1-15(19(11-17)26(30,31)32)10-18(14-2-4-20-16(9-14)12-34-36-20)21-23(39)35-24(40-21)37-7-5-13(6-8-37)22(33)38/h1-4,9,11-13H,5-8,10H2,(H2,33,38)(H,34,36). The van der Waals surface area contributed by atoms with Crippen LogP contribution in [0.4, 0.5) is 26.3 Å². The van der Waals surface area contributed by atoms with Crippen LogP contribution >= 0.6 is 11.8 Å². The van der Waals surface area contributed by atoms with Crippen molar-refractivity contribution < 1.29 is 35.9 Å². The molecule has 0 atom stereocenters. The second-order valence-corrected chi connectivity index (χ2v) is 10.5. The molecule has 0 radical (unpaired) electrons. The second kappa shape index (κ2) is 10.3. The lowest BCUT2D eigenvalue weighted by Crippen LogP contribution is -2.40. The number of carbonyl (C=O) groups excluding carboxylic acids is 2. The van der Waals surface area contributed by atoms with Gasteiger partial charge in [-0.1, -0.05) is 12.1 Å². The van der Waals surface area contributed by atoms with E-state index >= 15 is 0 Å². The van der Waals surface area contributed by atoms with Crippen molar-refractivity contribution in [3.63, 3.8) is 0 Å². The number of amides is 2. The number of aromatic amines is 1. The summed E-state index contributed by atoms with van der Waals surface area (Å²) >= 11 is 0.990. The molecule has 2 amide bonds. The summed E-state index contributed by atoms with van der Waals surface area (Å²) in [5.74, 6) is -1.38. The first-order valence-electron chi connectivity index (χ1n) is 12.1. The highest BCUT2D eigenvalue weighted by Gasteiger charge is 2.39. The lowest BCUT2D eigenvalue weighted by atomic mass is 9.92. The summed E-state index contributed by atoms with van der Waals surface area (Å²) in [6.07, 6.45) is -8.07. The summed E-state index contributed by atoms with van der Waals surface area (Å²) in [4.78, 5) is 30.6. The fourth-order valence-corrected chi connectivity index (χ4v) is 5.85. The minimum atomic E-state index is -5.07. The van der Waals surface area contributed by atoms with Crippen LogP contribution in [0.1, 0.15) is 35.1 Å². The van der Waals surface area contributed by atoms with Crippen LogP contribution in [0.2, 0.25) is 0 Å². The van der Waals surface area contributed by atoms with Gasteiger partial charge in [-0.25, -0.2) is 0 Å². The molecule has 2 aliphatic heterocycles. The summed E-state index contributed by atoms with van der Waals surface area (Å²) in [6.45, 7) is 0.820. The molecule has 0 spiro atoms. The molecular formula is C26H21F6N5O2S. The predicted octanol–water partition coefficient (Wildman–Crippen LogP) is 5.38. The molecule has 40 heavy (non-hydrogen) atoms. The molecule has 1 saturated heterocycles. The number of allylic oxidation sites excluding steroid dienone is 1. The molecule has 3 N–H and O–H groups in total. The molecule has 2 aromatic carbocycles. The van der Waals surface area contributed by atoms with E-state index in [0.717, 1.165) is 17.8 Å². The van der Waals surface area contributed by atoms with Gasteiger partial charge >= 0.3 is 12.4 Å². The van der Waals surface area contributed by atoms with Gasteiger partial charge in [-0.2, -0.15) is 36.4 Å². The Hall–Kier alpha value is -3.81. The van der Waals surface area contributed by atoms with Crippen LogP contribution in [-0.2, 0) is 28.4 Å². The number of piperidine rings is 1. The van der Waals surface area contributed by atoms with Gasteiger partial charge < -0.3 is 10.6 Å². The Morgan fingerprint density at radius 1 is 1.05 bits per heavy atom. The normalized spacial score (nSPS) is 18.4.